The van der Waals surface area contributed by atoms with Crippen LogP contribution in [0.1, 0.15) is 43.0 Å². The van der Waals surface area contributed by atoms with Gasteiger partial charge >= 0.3 is 0 Å². The van der Waals surface area contributed by atoms with Crippen molar-refractivity contribution in [3.63, 3.8) is 0 Å². The Kier molecular flexibility index (Phi) is 2.89. The number of furan rings is 1. The average molecular weight is 194 g/mol. The molecule has 2 rings (SSSR count). The van der Waals surface area contributed by atoms with Crippen LogP contribution in [-0.2, 0) is 0 Å². The summed E-state index contributed by atoms with van der Waals surface area (Å²) in [5, 5.41) is 0. The molecule has 1 aromatic heterocycles. The van der Waals surface area contributed by atoms with E-state index in [-0.39, 0.29) is 6.04 Å². The molecule has 0 aliphatic heterocycles. The van der Waals surface area contributed by atoms with Gasteiger partial charge in [-0.3, -0.25) is 11.3 Å². The summed E-state index contributed by atoms with van der Waals surface area (Å²) in [6.45, 7) is 1.96. The van der Waals surface area contributed by atoms with Gasteiger partial charge in [-0.25, -0.2) is 0 Å². The number of rotatable bonds is 4. The van der Waals surface area contributed by atoms with Crippen molar-refractivity contribution in [2.75, 3.05) is 0 Å². The van der Waals surface area contributed by atoms with Crippen molar-refractivity contribution in [1.29, 1.82) is 0 Å². The Hall–Kier alpha value is -0.800. The van der Waals surface area contributed by atoms with Crippen LogP contribution >= 0.6 is 0 Å². The second-order valence-electron chi connectivity index (χ2n) is 4.24. The third-order valence-corrected chi connectivity index (χ3v) is 3.15. The molecule has 1 aromatic rings. The summed E-state index contributed by atoms with van der Waals surface area (Å²) >= 11 is 0. The summed E-state index contributed by atoms with van der Waals surface area (Å²) in [5.41, 5.74) is 4.05. The van der Waals surface area contributed by atoms with Gasteiger partial charge < -0.3 is 4.42 Å². The van der Waals surface area contributed by atoms with E-state index in [0.717, 1.165) is 18.1 Å². The van der Waals surface area contributed by atoms with Crippen LogP contribution in [0.3, 0.4) is 0 Å². The Bertz CT molecular complexity index is 291. The number of hydrazine groups is 1. The quantitative estimate of drug-likeness (QED) is 0.571. The number of nitrogens with two attached hydrogens (primary N) is 1. The monoisotopic (exact) mass is 194 g/mol. The third kappa shape index (κ3) is 1.99. The molecule has 14 heavy (non-hydrogen) atoms. The van der Waals surface area contributed by atoms with Crippen LogP contribution in [0.4, 0.5) is 0 Å². The molecule has 0 bridgehead atoms. The smallest absolute Gasteiger partial charge is 0.101 e. The van der Waals surface area contributed by atoms with Crippen LogP contribution < -0.4 is 11.3 Å². The Labute approximate surface area is 84.6 Å². The molecule has 1 atom stereocenters. The van der Waals surface area contributed by atoms with Crippen molar-refractivity contribution in [2.45, 2.75) is 38.6 Å². The van der Waals surface area contributed by atoms with Gasteiger partial charge in [-0.05, 0) is 25.3 Å². The Balaban J connectivity index is 1.97. The molecule has 1 unspecified atom stereocenters. The van der Waals surface area contributed by atoms with Gasteiger partial charge in [0, 0.05) is 11.6 Å². The molecule has 0 amide bonds. The van der Waals surface area contributed by atoms with E-state index in [1.165, 1.54) is 24.8 Å². The molecule has 3 heteroatoms. The summed E-state index contributed by atoms with van der Waals surface area (Å²) in [7, 11) is 0. The molecular formula is C11H18N2O. The highest BCUT2D eigenvalue weighted by molar-refractivity contribution is 5.16. The second-order valence-corrected chi connectivity index (χ2v) is 4.24. The largest absolute Gasteiger partial charge is 0.469 e. The van der Waals surface area contributed by atoms with Crippen LogP contribution in [-0.4, -0.2) is 0 Å². The molecule has 1 aliphatic rings. The summed E-state index contributed by atoms with van der Waals surface area (Å²) in [6, 6.07) is 2.32. The van der Waals surface area contributed by atoms with Crippen molar-refractivity contribution >= 4 is 0 Å². The van der Waals surface area contributed by atoms with Crippen LogP contribution in [0.25, 0.3) is 0 Å². The number of nitrogens with one attached hydrogen (secondary N) is 1. The van der Waals surface area contributed by atoms with E-state index in [2.05, 4.69) is 11.5 Å². The van der Waals surface area contributed by atoms with Crippen LogP contribution in [0.2, 0.25) is 0 Å². The van der Waals surface area contributed by atoms with Gasteiger partial charge in [0.15, 0.2) is 0 Å². The van der Waals surface area contributed by atoms with Gasteiger partial charge in [-0.2, -0.15) is 0 Å². The fourth-order valence-electron chi connectivity index (χ4n) is 2.01. The summed E-state index contributed by atoms with van der Waals surface area (Å²) in [6.07, 6.45) is 7.03. The molecule has 1 saturated carbocycles. The van der Waals surface area contributed by atoms with E-state index in [9.17, 15) is 0 Å². The predicted molar refractivity (Wildman–Crippen MR) is 55.5 cm³/mol. The first kappa shape index (κ1) is 9.74. The highest BCUT2D eigenvalue weighted by Gasteiger charge is 2.23. The number of hydrogen-bond donors (Lipinski definition) is 2. The second kappa shape index (κ2) is 4.15. The van der Waals surface area contributed by atoms with Gasteiger partial charge in [0.25, 0.3) is 0 Å². The Morgan fingerprint density at radius 1 is 1.64 bits per heavy atom. The predicted octanol–water partition coefficient (Wildman–Crippen LogP) is 2.28. The summed E-state index contributed by atoms with van der Waals surface area (Å²) < 4.78 is 5.28. The molecule has 0 aromatic carbocycles. The Morgan fingerprint density at radius 3 is 2.86 bits per heavy atom. The lowest BCUT2D eigenvalue weighted by Gasteiger charge is -2.28. The zero-order valence-corrected chi connectivity index (χ0v) is 8.62. The molecule has 1 aliphatic carbocycles. The maximum atomic E-state index is 5.55. The zero-order valence-electron chi connectivity index (χ0n) is 8.62. The van der Waals surface area contributed by atoms with E-state index >= 15 is 0 Å². The standard InChI is InChI=1S/C11H18N2O/c1-8-5-10(7-14-8)11(13-12)6-9-3-2-4-9/h5,7,9,11,13H,2-4,6,12H2,1H3. The molecule has 0 radical (unpaired) electrons. The van der Waals surface area contributed by atoms with Gasteiger partial charge in [-0.1, -0.05) is 19.3 Å². The lowest BCUT2D eigenvalue weighted by atomic mass is 9.80. The Morgan fingerprint density at radius 2 is 2.43 bits per heavy atom. The van der Waals surface area contributed by atoms with E-state index in [1.54, 1.807) is 6.26 Å². The molecule has 3 nitrogen and oxygen atoms in total. The van der Waals surface area contributed by atoms with Crippen LogP contribution in [0, 0.1) is 12.8 Å². The van der Waals surface area contributed by atoms with Crippen molar-refractivity contribution < 1.29 is 4.42 Å². The minimum Gasteiger partial charge on any atom is -0.469 e. The van der Waals surface area contributed by atoms with E-state index in [4.69, 9.17) is 10.3 Å². The fraction of sp³-hybridized carbons (Fsp3) is 0.636. The van der Waals surface area contributed by atoms with Crippen molar-refractivity contribution in [3.8, 4) is 0 Å². The number of hydrogen-bond acceptors (Lipinski definition) is 3. The summed E-state index contributed by atoms with van der Waals surface area (Å²) in [4.78, 5) is 0. The lowest BCUT2D eigenvalue weighted by molar-refractivity contribution is 0.261. The highest BCUT2D eigenvalue weighted by atomic mass is 16.3. The minimum absolute atomic E-state index is 0.262. The summed E-state index contributed by atoms with van der Waals surface area (Å²) in [5.74, 6) is 7.36. The average Bonchev–Trinajstić information content (AvgIpc) is 2.50. The fourth-order valence-corrected chi connectivity index (χ4v) is 2.01. The molecule has 78 valence electrons. The van der Waals surface area contributed by atoms with Crippen LogP contribution in [0.15, 0.2) is 16.7 Å². The maximum Gasteiger partial charge on any atom is 0.101 e. The van der Waals surface area contributed by atoms with Crippen LogP contribution in [0.5, 0.6) is 0 Å². The van der Waals surface area contributed by atoms with E-state index < -0.39 is 0 Å². The highest BCUT2D eigenvalue weighted by Crippen LogP contribution is 2.34. The molecule has 0 spiro atoms. The van der Waals surface area contributed by atoms with Gasteiger partial charge in [0.1, 0.15) is 5.76 Å². The zero-order chi connectivity index (χ0) is 9.97. The number of aryl methyl sites for hydroxylation is 1. The van der Waals surface area contributed by atoms with Gasteiger partial charge in [0.05, 0.1) is 6.26 Å². The first-order chi connectivity index (χ1) is 6.79. The minimum atomic E-state index is 0.262. The normalized spacial score (nSPS) is 19.3. The van der Waals surface area contributed by atoms with Gasteiger partial charge in [-0.15, -0.1) is 0 Å². The molecular weight excluding hydrogens is 176 g/mol. The molecule has 3 N–H and O–H groups in total. The third-order valence-electron chi connectivity index (χ3n) is 3.15. The molecule has 0 saturated heterocycles. The van der Waals surface area contributed by atoms with Crippen molar-refractivity contribution in [3.05, 3.63) is 23.7 Å². The van der Waals surface area contributed by atoms with Gasteiger partial charge in [0.2, 0.25) is 0 Å². The SMILES string of the molecule is Cc1cc(C(CC2CCC2)NN)co1. The van der Waals surface area contributed by atoms with E-state index in [0.29, 0.717) is 0 Å². The van der Waals surface area contributed by atoms with Crippen molar-refractivity contribution in [1.82, 2.24) is 5.43 Å². The molecule has 1 heterocycles. The maximum absolute atomic E-state index is 5.55. The van der Waals surface area contributed by atoms with E-state index in [1.807, 2.05) is 6.92 Å². The first-order valence-corrected chi connectivity index (χ1v) is 5.30. The topological polar surface area (TPSA) is 51.2 Å². The lowest BCUT2D eigenvalue weighted by Crippen LogP contribution is -2.30. The first-order valence-electron chi connectivity index (χ1n) is 5.30. The molecule has 1 fully saturated rings. The van der Waals surface area contributed by atoms with Crippen molar-refractivity contribution in [2.24, 2.45) is 11.8 Å².